The van der Waals surface area contributed by atoms with Crippen molar-refractivity contribution in [3.05, 3.63) is 82.7 Å². The first-order valence-electron chi connectivity index (χ1n) is 8.13. The smallest absolute Gasteiger partial charge is 0.258 e. The Morgan fingerprint density at radius 1 is 0.800 bits per heavy atom. The van der Waals surface area contributed by atoms with Gasteiger partial charge in [0.15, 0.2) is 0 Å². The Morgan fingerprint density at radius 2 is 1.60 bits per heavy atom. The minimum absolute atomic E-state index is 0.554. The van der Waals surface area contributed by atoms with Crippen molar-refractivity contribution < 1.29 is 4.42 Å². The van der Waals surface area contributed by atoms with Gasteiger partial charge >= 0.3 is 0 Å². The molecule has 0 atom stereocenters. The van der Waals surface area contributed by atoms with Crippen LogP contribution in [0.3, 0.4) is 0 Å². The second kappa shape index (κ2) is 5.83. The van der Waals surface area contributed by atoms with E-state index in [0.29, 0.717) is 11.8 Å². The molecule has 2 aromatic heterocycles. The molecule has 25 heavy (non-hydrogen) atoms. The maximum atomic E-state index is 5.80. The normalized spacial score (nSPS) is 12.9. The fraction of sp³-hybridized carbons (Fsp3) is 0.0476. The lowest BCUT2D eigenvalue weighted by molar-refractivity contribution is 0.586. The predicted octanol–water partition coefficient (Wildman–Crippen LogP) is 5.56. The number of aromatic nitrogens is 2. The summed E-state index contributed by atoms with van der Waals surface area (Å²) in [6.07, 6.45) is 3.25. The summed E-state index contributed by atoms with van der Waals surface area (Å²) in [5.74, 6) is 1.13. The van der Waals surface area contributed by atoms with E-state index in [9.17, 15) is 0 Å². The number of hydrogen-bond acceptors (Lipinski definition) is 4. The number of nitrogens with zero attached hydrogens (tertiary/aromatic N) is 2. The average Bonchev–Trinajstić information content (AvgIpc) is 3.40. The van der Waals surface area contributed by atoms with Crippen molar-refractivity contribution in [3.63, 3.8) is 0 Å². The van der Waals surface area contributed by atoms with Gasteiger partial charge < -0.3 is 4.42 Å². The highest BCUT2D eigenvalue weighted by molar-refractivity contribution is 7.13. The highest BCUT2D eigenvalue weighted by Gasteiger charge is 2.15. The van der Waals surface area contributed by atoms with E-state index < -0.39 is 0 Å². The molecule has 4 aromatic rings. The van der Waals surface area contributed by atoms with Gasteiger partial charge in [0.25, 0.3) is 5.89 Å². The Hall–Kier alpha value is -2.98. The lowest BCUT2D eigenvalue weighted by Crippen LogP contribution is -1.86. The predicted molar refractivity (Wildman–Crippen MR) is 101 cm³/mol. The molecule has 1 aliphatic carbocycles. The molecule has 3 nitrogen and oxygen atoms in total. The third-order valence-electron chi connectivity index (χ3n) is 4.43. The molecular weight excluding hydrogens is 328 g/mol. The number of fused-ring (bicyclic) bond motifs is 1. The van der Waals surface area contributed by atoms with Crippen LogP contribution < -0.4 is 0 Å². The number of thiophene rings is 1. The average molecular weight is 342 g/mol. The first kappa shape index (κ1) is 14.4. The molecule has 1 aliphatic rings. The van der Waals surface area contributed by atoms with Crippen LogP contribution in [0.2, 0.25) is 0 Å². The molecule has 0 saturated carbocycles. The number of hydrogen-bond donors (Lipinski definition) is 0. The fourth-order valence-electron chi connectivity index (χ4n) is 3.13. The van der Waals surface area contributed by atoms with Crippen LogP contribution in [0.15, 0.2) is 70.5 Å². The summed E-state index contributed by atoms with van der Waals surface area (Å²) in [6, 6.07) is 20.8. The highest BCUT2D eigenvalue weighted by atomic mass is 32.1. The van der Waals surface area contributed by atoms with Crippen LogP contribution in [0.1, 0.15) is 16.7 Å². The van der Waals surface area contributed by atoms with Gasteiger partial charge in [-0.25, -0.2) is 0 Å². The molecule has 0 fully saturated rings. The molecule has 2 aromatic carbocycles. The molecule has 0 aliphatic heterocycles. The van der Waals surface area contributed by atoms with E-state index in [2.05, 4.69) is 52.7 Å². The summed E-state index contributed by atoms with van der Waals surface area (Å²) in [5, 5.41) is 10.3. The van der Waals surface area contributed by atoms with Crippen molar-refractivity contribution in [2.45, 2.75) is 6.42 Å². The maximum absolute atomic E-state index is 5.80. The Morgan fingerprint density at radius 3 is 2.40 bits per heavy atom. The van der Waals surface area contributed by atoms with E-state index in [1.807, 2.05) is 29.6 Å². The number of rotatable bonds is 3. The molecule has 0 spiro atoms. The number of benzene rings is 2. The van der Waals surface area contributed by atoms with Crippen molar-refractivity contribution >= 4 is 23.0 Å². The Balaban J connectivity index is 1.41. The Labute approximate surface area is 149 Å². The molecule has 0 amide bonds. The second-order valence-corrected chi connectivity index (χ2v) is 6.96. The molecule has 0 N–H and O–H groups in total. The fourth-order valence-corrected chi connectivity index (χ4v) is 3.78. The lowest BCUT2D eigenvalue weighted by atomic mass is 10.0. The van der Waals surface area contributed by atoms with Gasteiger partial charge in [0, 0.05) is 5.56 Å². The third-order valence-corrected chi connectivity index (χ3v) is 5.28. The largest absolute Gasteiger partial charge is 0.415 e. The van der Waals surface area contributed by atoms with Crippen molar-refractivity contribution in [1.82, 2.24) is 10.2 Å². The zero-order valence-corrected chi connectivity index (χ0v) is 14.2. The van der Waals surface area contributed by atoms with Gasteiger partial charge in [-0.05, 0) is 52.3 Å². The van der Waals surface area contributed by atoms with Crippen LogP contribution in [-0.2, 0) is 6.42 Å². The van der Waals surface area contributed by atoms with Crippen molar-refractivity contribution in [2.24, 2.45) is 0 Å². The van der Waals surface area contributed by atoms with E-state index >= 15 is 0 Å². The van der Waals surface area contributed by atoms with E-state index in [-0.39, 0.29) is 0 Å². The van der Waals surface area contributed by atoms with E-state index in [1.165, 1.54) is 22.3 Å². The quantitative estimate of drug-likeness (QED) is 0.489. The summed E-state index contributed by atoms with van der Waals surface area (Å²) < 4.78 is 5.80. The van der Waals surface area contributed by atoms with Gasteiger partial charge in [-0.1, -0.05) is 48.5 Å². The molecular formula is C21H14N2OS. The molecule has 0 saturated heterocycles. The van der Waals surface area contributed by atoms with Crippen molar-refractivity contribution in [1.29, 1.82) is 0 Å². The van der Waals surface area contributed by atoms with Crippen LogP contribution in [-0.4, -0.2) is 10.2 Å². The summed E-state index contributed by atoms with van der Waals surface area (Å²) in [4.78, 5) is 0.990. The van der Waals surface area contributed by atoms with Gasteiger partial charge in [-0.3, -0.25) is 0 Å². The molecule has 2 heterocycles. The molecule has 0 bridgehead atoms. The molecule has 120 valence electrons. The third kappa shape index (κ3) is 2.61. The van der Waals surface area contributed by atoms with Gasteiger partial charge in [0.05, 0.1) is 4.88 Å². The zero-order chi connectivity index (χ0) is 16.6. The van der Waals surface area contributed by atoms with Crippen LogP contribution >= 0.6 is 11.3 Å². The van der Waals surface area contributed by atoms with Gasteiger partial charge in [0.1, 0.15) is 0 Å². The lowest BCUT2D eigenvalue weighted by Gasteiger charge is -2.03. The van der Waals surface area contributed by atoms with Crippen molar-refractivity contribution in [2.75, 3.05) is 0 Å². The van der Waals surface area contributed by atoms with Crippen molar-refractivity contribution in [3.8, 4) is 22.2 Å². The summed E-state index contributed by atoms with van der Waals surface area (Å²) in [6.45, 7) is 0. The molecule has 0 radical (unpaired) electrons. The van der Waals surface area contributed by atoms with Crippen LogP contribution in [0.4, 0.5) is 0 Å². The Kier molecular flexibility index (Phi) is 3.35. The summed E-state index contributed by atoms with van der Waals surface area (Å²) in [5.41, 5.74) is 6.23. The van der Waals surface area contributed by atoms with Gasteiger partial charge in [-0.2, -0.15) is 0 Å². The van der Waals surface area contributed by atoms with Gasteiger partial charge in [0.2, 0.25) is 5.89 Å². The molecule has 4 heteroatoms. The van der Waals surface area contributed by atoms with Crippen LogP contribution in [0, 0.1) is 0 Å². The SMILES string of the molecule is C1=C(c2ccc(-c3nnc(-c4cccs4)o3)cc2)Cc2ccccc21. The topological polar surface area (TPSA) is 38.9 Å². The molecule has 5 rings (SSSR count). The first-order valence-corrected chi connectivity index (χ1v) is 9.01. The monoisotopic (exact) mass is 342 g/mol. The van der Waals surface area contributed by atoms with Gasteiger partial charge in [-0.15, -0.1) is 21.5 Å². The highest BCUT2D eigenvalue weighted by Crippen LogP contribution is 2.33. The summed E-state index contributed by atoms with van der Waals surface area (Å²) in [7, 11) is 0. The van der Waals surface area contributed by atoms with E-state index in [0.717, 1.165) is 16.9 Å². The van der Waals surface area contributed by atoms with E-state index in [4.69, 9.17) is 4.42 Å². The first-order chi connectivity index (χ1) is 12.4. The maximum Gasteiger partial charge on any atom is 0.258 e. The second-order valence-electron chi connectivity index (χ2n) is 6.01. The zero-order valence-electron chi connectivity index (χ0n) is 13.3. The number of allylic oxidation sites excluding steroid dienone is 1. The standard InChI is InChI=1S/C21H14N2OS/c1-2-5-17-13-18(12-16(17)4-1)14-7-9-15(10-8-14)20-22-23-21(24-20)19-6-3-11-25-19/h1-12H,13H2. The van der Waals surface area contributed by atoms with E-state index in [1.54, 1.807) is 11.3 Å². The van der Waals surface area contributed by atoms with Crippen LogP contribution in [0.25, 0.3) is 33.9 Å². The minimum Gasteiger partial charge on any atom is -0.415 e. The van der Waals surface area contributed by atoms with Crippen LogP contribution in [0.5, 0.6) is 0 Å². The summed E-state index contributed by atoms with van der Waals surface area (Å²) >= 11 is 1.59. The minimum atomic E-state index is 0.554. The Bertz CT molecular complexity index is 1060. The molecule has 0 unspecified atom stereocenters.